The molecule has 252 valence electrons. The van der Waals surface area contributed by atoms with Gasteiger partial charge in [-0.25, -0.2) is 0 Å². The maximum atomic E-state index is 12.5. The maximum absolute atomic E-state index is 12.5. The van der Waals surface area contributed by atoms with Crippen molar-refractivity contribution in [2.45, 2.75) is 194 Å². The van der Waals surface area contributed by atoms with Crippen LogP contribution in [0.25, 0.3) is 0 Å². The molecule has 0 heterocycles. The van der Waals surface area contributed by atoms with E-state index in [2.05, 4.69) is 33.0 Å². The number of aliphatic hydroxyl groups is 2. The Balaban J connectivity index is 4.08. The highest BCUT2D eigenvalue weighted by Gasteiger charge is 2.26. The van der Waals surface area contributed by atoms with Crippen molar-refractivity contribution in [2.24, 2.45) is 11.8 Å². The normalized spacial score (nSPS) is 14.4. The lowest BCUT2D eigenvalue weighted by atomic mass is 10.0. The third-order valence-electron chi connectivity index (χ3n) is 8.22. The van der Waals surface area contributed by atoms with Gasteiger partial charge in [-0.3, -0.25) is 9.35 Å². The van der Waals surface area contributed by atoms with Crippen molar-refractivity contribution in [3.8, 4) is 0 Å². The Kier molecular flexibility index (Phi) is 26.2. The Morgan fingerprint density at radius 2 is 0.905 bits per heavy atom. The third-order valence-corrected chi connectivity index (χ3v) is 9.00. The molecule has 0 saturated heterocycles. The monoisotopic (exact) mass is 619 g/mol. The number of hydrogen-bond donors (Lipinski definition) is 4. The van der Waals surface area contributed by atoms with E-state index in [0.29, 0.717) is 12.8 Å². The van der Waals surface area contributed by atoms with Gasteiger partial charge in [-0.2, -0.15) is 8.42 Å². The third kappa shape index (κ3) is 29.4. The summed E-state index contributed by atoms with van der Waals surface area (Å²) in [6.45, 7) is 9.08. The molecule has 1 unspecified atom stereocenters. The number of carbonyl (C=O) groups excluding carboxylic acids is 1. The van der Waals surface area contributed by atoms with E-state index in [1.54, 1.807) is 0 Å². The molecule has 0 spiro atoms. The van der Waals surface area contributed by atoms with Gasteiger partial charge in [-0.15, -0.1) is 0 Å². The first-order valence-electron chi connectivity index (χ1n) is 17.5. The quantitative estimate of drug-likeness (QED) is 0.0473. The molecule has 0 aliphatic rings. The summed E-state index contributed by atoms with van der Waals surface area (Å²) in [5.41, 5.74) is 0. The number of hydrogen-bond acceptors (Lipinski definition) is 5. The fraction of sp³-hybridized carbons (Fsp3) is 0.971. The van der Waals surface area contributed by atoms with E-state index in [4.69, 9.17) is 0 Å². The first kappa shape index (κ1) is 41.3. The molecule has 3 atom stereocenters. The van der Waals surface area contributed by atoms with Crippen LogP contribution in [0.15, 0.2) is 0 Å². The van der Waals surface area contributed by atoms with Crippen molar-refractivity contribution in [2.75, 3.05) is 5.75 Å². The SMILES string of the molecule is CC(C)CCCCCCCCCCC[C@@H](O)CC(=O)NC(CS(=O)(=O)O)[C@H](O)CCCCCCCCCCCC(C)C. The fourth-order valence-corrected chi connectivity index (χ4v) is 6.33. The zero-order chi connectivity index (χ0) is 31.6. The number of nitrogens with one attached hydrogen (secondary N) is 1. The van der Waals surface area contributed by atoms with Crippen LogP contribution >= 0.6 is 0 Å². The lowest BCUT2D eigenvalue weighted by molar-refractivity contribution is -0.124. The maximum Gasteiger partial charge on any atom is 0.266 e. The first-order chi connectivity index (χ1) is 19.9. The van der Waals surface area contributed by atoms with Gasteiger partial charge in [0.2, 0.25) is 5.91 Å². The molecule has 0 aliphatic heterocycles. The van der Waals surface area contributed by atoms with Crippen molar-refractivity contribution in [1.29, 1.82) is 0 Å². The highest BCUT2D eigenvalue weighted by molar-refractivity contribution is 7.85. The Morgan fingerprint density at radius 1 is 0.571 bits per heavy atom. The summed E-state index contributed by atoms with van der Waals surface area (Å²) < 4.78 is 32.4. The van der Waals surface area contributed by atoms with Gasteiger partial charge >= 0.3 is 0 Å². The lowest BCUT2D eigenvalue weighted by Crippen LogP contribution is -2.48. The number of unbranched alkanes of at least 4 members (excludes halogenated alkanes) is 16. The number of carbonyl (C=O) groups is 1. The van der Waals surface area contributed by atoms with Crippen molar-refractivity contribution in [3.63, 3.8) is 0 Å². The Bertz CT molecular complexity index is 728. The molecule has 42 heavy (non-hydrogen) atoms. The molecule has 0 aliphatic carbocycles. The van der Waals surface area contributed by atoms with Gasteiger partial charge < -0.3 is 15.5 Å². The Morgan fingerprint density at radius 3 is 1.26 bits per heavy atom. The zero-order valence-corrected chi connectivity index (χ0v) is 28.6. The highest BCUT2D eigenvalue weighted by Crippen LogP contribution is 2.16. The average molecular weight is 620 g/mol. The van der Waals surface area contributed by atoms with Crippen molar-refractivity contribution in [1.82, 2.24) is 5.32 Å². The van der Waals surface area contributed by atoms with Crippen LogP contribution < -0.4 is 5.32 Å². The van der Waals surface area contributed by atoms with Crippen LogP contribution in [0, 0.1) is 11.8 Å². The van der Waals surface area contributed by atoms with Gasteiger partial charge in [0.25, 0.3) is 10.1 Å². The Labute approximate surface area is 260 Å². The van der Waals surface area contributed by atoms with Gasteiger partial charge in [-0.05, 0) is 24.7 Å². The van der Waals surface area contributed by atoms with Gasteiger partial charge in [-0.1, -0.05) is 156 Å². The summed E-state index contributed by atoms with van der Waals surface area (Å²) in [6, 6.07) is -1.09. The van der Waals surface area contributed by atoms with E-state index in [-0.39, 0.29) is 6.42 Å². The van der Waals surface area contributed by atoms with Crippen LogP contribution in [-0.4, -0.2) is 53.1 Å². The first-order valence-corrected chi connectivity index (χ1v) is 19.1. The van der Waals surface area contributed by atoms with Crippen molar-refractivity contribution < 1.29 is 28.0 Å². The average Bonchev–Trinajstić information content (AvgIpc) is 2.88. The minimum Gasteiger partial charge on any atom is -0.393 e. The van der Waals surface area contributed by atoms with Crippen LogP contribution in [0.4, 0.5) is 0 Å². The Hall–Kier alpha value is -0.700. The summed E-state index contributed by atoms with van der Waals surface area (Å²) in [4.78, 5) is 12.5. The molecule has 0 aromatic carbocycles. The second-order valence-electron chi connectivity index (χ2n) is 13.7. The van der Waals surface area contributed by atoms with Gasteiger partial charge in [0, 0.05) is 0 Å². The van der Waals surface area contributed by atoms with Gasteiger partial charge in [0.1, 0.15) is 0 Å². The summed E-state index contributed by atoms with van der Waals surface area (Å²) in [5, 5.41) is 23.4. The minimum atomic E-state index is -4.37. The summed E-state index contributed by atoms with van der Waals surface area (Å²) >= 11 is 0. The topological polar surface area (TPSA) is 124 Å². The molecule has 0 bridgehead atoms. The second kappa shape index (κ2) is 26.7. The summed E-state index contributed by atoms with van der Waals surface area (Å²) in [5.74, 6) is 0.349. The molecule has 0 fully saturated rings. The van der Waals surface area contributed by atoms with E-state index < -0.39 is 40.0 Å². The zero-order valence-electron chi connectivity index (χ0n) is 27.8. The second-order valence-corrected chi connectivity index (χ2v) is 15.2. The fourth-order valence-electron chi connectivity index (χ4n) is 5.57. The van der Waals surface area contributed by atoms with Crippen molar-refractivity contribution >= 4 is 16.0 Å². The highest BCUT2D eigenvalue weighted by atomic mass is 32.2. The minimum absolute atomic E-state index is 0.136. The standard InChI is InChI=1S/C34H69NO6S/c1-29(2)23-19-15-11-7-5-9-13-17-21-25-31(36)27-34(38)35-32(28-42(39,40)41)33(37)26-22-18-14-10-6-8-12-16-20-24-30(3)4/h29-33,36-37H,5-28H2,1-4H3,(H,35,38)(H,39,40,41)/t31-,32?,33-/m1/s1. The molecule has 1 amide bonds. The largest absolute Gasteiger partial charge is 0.393 e. The lowest BCUT2D eigenvalue weighted by Gasteiger charge is -2.24. The predicted octanol–water partition coefficient (Wildman–Crippen LogP) is 8.37. The van der Waals surface area contributed by atoms with E-state index in [9.17, 15) is 28.0 Å². The van der Waals surface area contributed by atoms with Crippen LogP contribution in [-0.2, 0) is 14.9 Å². The van der Waals surface area contributed by atoms with Gasteiger partial charge in [0.05, 0.1) is 30.4 Å². The van der Waals surface area contributed by atoms with Crippen LogP contribution in [0.3, 0.4) is 0 Å². The molecule has 0 saturated carbocycles. The molecular weight excluding hydrogens is 550 g/mol. The molecular formula is C34H69NO6S. The van der Waals surface area contributed by atoms with E-state index in [1.807, 2.05) is 0 Å². The van der Waals surface area contributed by atoms with E-state index in [0.717, 1.165) is 56.8 Å². The molecule has 8 heteroatoms. The summed E-state index contributed by atoms with van der Waals surface area (Å²) in [6.07, 6.45) is 22.5. The van der Waals surface area contributed by atoms with Crippen LogP contribution in [0.1, 0.15) is 175 Å². The summed E-state index contributed by atoms with van der Waals surface area (Å²) in [7, 11) is -4.37. The molecule has 4 N–H and O–H groups in total. The molecule has 7 nitrogen and oxygen atoms in total. The van der Waals surface area contributed by atoms with E-state index >= 15 is 0 Å². The van der Waals surface area contributed by atoms with Crippen LogP contribution in [0.2, 0.25) is 0 Å². The number of rotatable bonds is 30. The van der Waals surface area contributed by atoms with Crippen molar-refractivity contribution in [3.05, 3.63) is 0 Å². The molecule has 0 aromatic heterocycles. The molecule has 0 aromatic rings. The predicted molar refractivity (Wildman–Crippen MR) is 176 cm³/mol. The number of amides is 1. The molecule has 0 rings (SSSR count). The smallest absolute Gasteiger partial charge is 0.266 e. The number of aliphatic hydroxyl groups excluding tert-OH is 2. The van der Waals surface area contributed by atoms with E-state index in [1.165, 1.54) is 83.5 Å². The van der Waals surface area contributed by atoms with Gasteiger partial charge in [0.15, 0.2) is 0 Å². The molecule has 0 radical (unpaired) electrons. The van der Waals surface area contributed by atoms with Crippen LogP contribution in [0.5, 0.6) is 0 Å².